The number of aryl methyl sites for hydroxylation is 2. The normalized spacial score (nSPS) is 13.3. The Balaban J connectivity index is 2.85. The Hall–Kier alpha value is -0.410. The Morgan fingerprint density at radius 1 is 1.58 bits per heavy atom. The number of aromatic nitrogens is 1. The average Bonchev–Trinajstić information content (AvgIpc) is 2.32. The van der Waals surface area contributed by atoms with Crippen molar-refractivity contribution in [3.05, 3.63) is 15.6 Å². The van der Waals surface area contributed by atoms with Gasteiger partial charge in [-0.05, 0) is 26.7 Å². The van der Waals surface area contributed by atoms with E-state index < -0.39 is 0 Å². The van der Waals surface area contributed by atoms with Crippen LogP contribution in [0, 0.1) is 6.92 Å². The van der Waals surface area contributed by atoms with Gasteiger partial charge in [0, 0.05) is 10.9 Å². The van der Waals surface area contributed by atoms with Crippen molar-refractivity contribution in [1.82, 2.24) is 4.98 Å². The lowest BCUT2D eigenvalue weighted by molar-refractivity contribution is 0.770. The quantitative estimate of drug-likeness (QED) is 0.783. The van der Waals surface area contributed by atoms with Crippen LogP contribution < -0.4 is 5.73 Å². The fourth-order valence-electron chi connectivity index (χ4n) is 1.21. The standard InChI is InChI=1S/C9H16N2S/c1-4-5-8-11-9(6(2)10)7(3)12-8/h6H,4-5,10H2,1-3H3. The number of hydrogen-bond acceptors (Lipinski definition) is 3. The predicted octanol–water partition coefficient (Wildman–Crippen LogP) is 2.42. The zero-order chi connectivity index (χ0) is 9.14. The summed E-state index contributed by atoms with van der Waals surface area (Å²) in [7, 11) is 0. The molecule has 1 aromatic heterocycles. The molecule has 2 nitrogen and oxygen atoms in total. The first-order valence-corrected chi connectivity index (χ1v) is 5.18. The van der Waals surface area contributed by atoms with Gasteiger partial charge < -0.3 is 5.73 Å². The molecule has 1 rings (SSSR count). The van der Waals surface area contributed by atoms with Crippen LogP contribution in [0.15, 0.2) is 0 Å². The SMILES string of the molecule is CCCc1nc(C(C)N)c(C)s1. The number of nitrogens with two attached hydrogens (primary N) is 1. The molecular weight excluding hydrogens is 168 g/mol. The molecule has 0 saturated heterocycles. The minimum absolute atomic E-state index is 0.0758. The lowest BCUT2D eigenvalue weighted by atomic mass is 10.2. The molecule has 68 valence electrons. The number of thiazole rings is 1. The third-order valence-corrected chi connectivity index (χ3v) is 2.82. The molecule has 1 unspecified atom stereocenters. The summed E-state index contributed by atoms with van der Waals surface area (Å²) in [4.78, 5) is 5.76. The minimum atomic E-state index is 0.0758. The molecule has 0 saturated carbocycles. The Labute approximate surface area is 77.8 Å². The molecule has 0 aliphatic rings. The Morgan fingerprint density at radius 3 is 2.67 bits per heavy atom. The molecule has 1 aromatic rings. The van der Waals surface area contributed by atoms with Gasteiger partial charge in [0.1, 0.15) is 0 Å². The van der Waals surface area contributed by atoms with E-state index in [4.69, 9.17) is 5.73 Å². The van der Waals surface area contributed by atoms with Gasteiger partial charge in [-0.25, -0.2) is 4.98 Å². The number of rotatable bonds is 3. The zero-order valence-corrected chi connectivity index (χ0v) is 8.74. The van der Waals surface area contributed by atoms with Crippen LogP contribution in [0.3, 0.4) is 0 Å². The van der Waals surface area contributed by atoms with Gasteiger partial charge in [0.25, 0.3) is 0 Å². The number of nitrogens with zero attached hydrogens (tertiary/aromatic N) is 1. The van der Waals surface area contributed by atoms with Crippen LogP contribution in [0.5, 0.6) is 0 Å². The van der Waals surface area contributed by atoms with E-state index in [0.717, 1.165) is 18.5 Å². The lowest BCUT2D eigenvalue weighted by Gasteiger charge is -1.99. The molecule has 12 heavy (non-hydrogen) atoms. The molecule has 0 radical (unpaired) electrons. The molecule has 0 amide bonds. The second-order valence-corrected chi connectivity index (χ2v) is 4.38. The fraction of sp³-hybridized carbons (Fsp3) is 0.667. The second-order valence-electron chi connectivity index (χ2n) is 3.09. The van der Waals surface area contributed by atoms with Gasteiger partial charge in [-0.2, -0.15) is 0 Å². The first kappa shape index (κ1) is 9.68. The van der Waals surface area contributed by atoms with Gasteiger partial charge in [0.2, 0.25) is 0 Å². The van der Waals surface area contributed by atoms with Gasteiger partial charge in [-0.15, -0.1) is 11.3 Å². The molecule has 0 aliphatic carbocycles. The van der Waals surface area contributed by atoms with Crippen molar-refractivity contribution < 1.29 is 0 Å². The summed E-state index contributed by atoms with van der Waals surface area (Å²) in [6, 6.07) is 0.0758. The molecule has 3 heteroatoms. The highest BCUT2D eigenvalue weighted by molar-refractivity contribution is 7.11. The van der Waals surface area contributed by atoms with Gasteiger partial charge in [0.05, 0.1) is 10.7 Å². The highest BCUT2D eigenvalue weighted by Crippen LogP contribution is 2.22. The van der Waals surface area contributed by atoms with Crippen molar-refractivity contribution in [1.29, 1.82) is 0 Å². The van der Waals surface area contributed by atoms with E-state index in [2.05, 4.69) is 18.8 Å². The Morgan fingerprint density at radius 2 is 2.25 bits per heavy atom. The summed E-state index contributed by atoms with van der Waals surface area (Å²) in [6.07, 6.45) is 2.24. The van der Waals surface area contributed by atoms with Crippen LogP contribution in [0.25, 0.3) is 0 Å². The van der Waals surface area contributed by atoms with E-state index >= 15 is 0 Å². The Bertz CT molecular complexity index is 253. The van der Waals surface area contributed by atoms with Crippen molar-refractivity contribution >= 4 is 11.3 Å². The van der Waals surface area contributed by atoms with Crippen molar-refractivity contribution in [2.45, 2.75) is 39.7 Å². The summed E-state index contributed by atoms with van der Waals surface area (Å²) in [6.45, 7) is 6.25. The van der Waals surface area contributed by atoms with Crippen molar-refractivity contribution in [3.63, 3.8) is 0 Å². The van der Waals surface area contributed by atoms with E-state index in [1.54, 1.807) is 11.3 Å². The van der Waals surface area contributed by atoms with Gasteiger partial charge in [-0.3, -0.25) is 0 Å². The maximum Gasteiger partial charge on any atom is 0.0931 e. The smallest absolute Gasteiger partial charge is 0.0931 e. The predicted molar refractivity (Wildman–Crippen MR) is 53.4 cm³/mol. The molecule has 1 atom stereocenters. The second kappa shape index (κ2) is 4.01. The van der Waals surface area contributed by atoms with Crippen molar-refractivity contribution in [2.75, 3.05) is 0 Å². The molecule has 0 aromatic carbocycles. The topological polar surface area (TPSA) is 38.9 Å². The summed E-state index contributed by atoms with van der Waals surface area (Å²) in [5.74, 6) is 0. The largest absolute Gasteiger partial charge is 0.323 e. The first-order valence-electron chi connectivity index (χ1n) is 4.37. The molecule has 1 heterocycles. The fourth-order valence-corrected chi connectivity index (χ4v) is 2.35. The van der Waals surface area contributed by atoms with Crippen LogP contribution in [0.1, 0.15) is 41.9 Å². The van der Waals surface area contributed by atoms with Crippen LogP contribution in [-0.2, 0) is 6.42 Å². The molecule has 0 bridgehead atoms. The third-order valence-electron chi connectivity index (χ3n) is 1.77. The van der Waals surface area contributed by atoms with E-state index in [1.807, 2.05) is 6.92 Å². The van der Waals surface area contributed by atoms with Crippen LogP contribution in [0.4, 0.5) is 0 Å². The molecule has 2 N–H and O–H groups in total. The lowest BCUT2D eigenvalue weighted by Crippen LogP contribution is -2.06. The first-order chi connectivity index (χ1) is 5.65. The van der Waals surface area contributed by atoms with Gasteiger partial charge >= 0.3 is 0 Å². The van der Waals surface area contributed by atoms with E-state index in [1.165, 1.54) is 9.88 Å². The van der Waals surface area contributed by atoms with Crippen LogP contribution in [0.2, 0.25) is 0 Å². The maximum absolute atomic E-state index is 5.77. The number of hydrogen-bond donors (Lipinski definition) is 1. The van der Waals surface area contributed by atoms with Gasteiger partial charge in [-0.1, -0.05) is 6.92 Å². The monoisotopic (exact) mass is 184 g/mol. The maximum atomic E-state index is 5.77. The summed E-state index contributed by atoms with van der Waals surface area (Å²) < 4.78 is 0. The van der Waals surface area contributed by atoms with Crippen LogP contribution in [-0.4, -0.2) is 4.98 Å². The van der Waals surface area contributed by atoms with E-state index in [0.29, 0.717) is 0 Å². The molecule has 0 aliphatic heterocycles. The molecule has 0 fully saturated rings. The molecule has 0 spiro atoms. The van der Waals surface area contributed by atoms with E-state index in [-0.39, 0.29) is 6.04 Å². The highest BCUT2D eigenvalue weighted by Gasteiger charge is 2.09. The average molecular weight is 184 g/mol. The third kappa shape index (κ3) is 2.05. The van der Waals surface area contributed by atoms with Crippen molar-refractivity contribution in [2.24, 2.45) is 5.73 Å². The Kier molecular flexibility index (Phi) is 3.23. The van der Waals surface area contributed by atoms with Crippen LogP contribution >= 0.6 is 11.3 Å². The van der Waals surface area contributed by atoms with E-state index in [9.17, 15) is 0 Å². The molecular formula is C9H16N2S. The minimum Gasteiger partial charge on any atom is -0.323 e. The highest BCUT2D eigenvalue weighted by atomic mass is 32.1. The summed E-state index contributed by atoms with van der Waals surface area (Å²) in [5.41, 5.74) is 6.84. The summed E-state index contributed by atoms with van der Waals surface area (Å²) in [5, 5.41) is 1.22. The van der Waals surface area contributed by atoms with Gasteiger partial charge in [0.15, 0.2) is 0 Å². The van der Waals surface area contributed by atoms with Crippen molar-refractivity contribution in [3.8, 4) is 0 Å². The zero-order valence-electron chi connectivity index (χ0n) is 7.92. The summed E-state index contributed by atoms with van der Waals surface area (Å²) >= 11 is 1.78.